The summed E-state index contributed by atoms with van der Waals surface area (Å²) in [6.45, 7) is 2.24. The van der Waals surface area contributed by atoms with Crippen LogP contribution in [0.4, 0.5) is 5.69 Å². The molecule has 0 spiro atoms. The first-order valence-electron chi connectivity index (χ1n) is 9.24. The number of nitrogens with zero attached hydrogens (tertiary/aromatic N) is 2. The second-order valence-electron chi connectivity index (χ2n) is 6.63. The molecule has 6 heteroatoms. The topological polar surface area (TPSA) is 53.1 Å². The van der Waals surface area contributed by atoms with Crippen molar-refractivity contribution in [2.45, 2.75) is 6.10 Å². The van der Waals surface area contributed by atoms with E-state index in [0.717, 1.165) is 41.0 Å². The van der Waals surface area contributed by atoms with Crippen molar-refractivity contribution in [3.63, 3.8) is 0 Å². The van der Waals surface area contributed by atoms with Gasteiger partial charge in [-0.05, 0) is 29.8 Å². The number of morpholine rings is 1. The minimum atomic E-state index is 0.00279. The van der Waals surface area contributed by atoms with Gasteiger partial charge in [0, 0.05) is 36.4 Å². The van der Waals surface area contributed by atoms with Crippen molar-refractivity contribution in [2.24, 2.45) is 0 Å². The molecule has 28 heavy (non-hydrogen) atoms. The van der Waals surface area contributed by atoms with Gasteiger partial charge in [0.25, 0.3) is 0 Å². The number of anilines is 1. The molecule has 146 valence electrons. The van der Waals surface area contributed by atoms with Crippen molar-refractivity contribution in [3.05, 3.63) is 54.2 Å². The molecule has 0 aliphatic carbocycles. The molecule has 6 nitrogen and oxygen atoms in total. The number of hydrogen-bond acceptors (Lipinski definition) is 6. The summed E-state index contributed by atoms with van der Waals surface area (Å²) in [5, 5.41) is 1.04. The van der Waals surface area contributed by atoms with Gasteiger partial charge in [-0.3, -0.25) is 4.98 Å². The Balaban J connectivity index is 1.66. The molecule has 0 bridgehead atoms. The zero-order valence-electron chi connectivity index (χ0n) is 16.3. The second kappa shape index (κ2) is 7.94. The van der Waals surface area contributed by atoms with Crippen LogP contribution in [0.3, 0.4) is 0 Å². The van der Waals surface area contributed by atoms with Crippen LogP contribution < -0.4 is 19.1 Å². The van der Waals surface area contributed by atoms with Crippen LogP contribution in [0, 0.1) is 0 Å². The molecule has 1 aromatic heterocycles. The molecule has 1 atom stereocenters. The Labute approximate surface area is 164 Å². The number of aromatic nitrogens is 1. The number of fused-ring (bicyclic) bond motifs is 1. The normalized spacial score (nSPS) is 16.8. The van der Waals surface area contributed by atoms with E-state index in [2.05, 4.69) is 22.0 Å². The first-order valence-corrected chi connectivity index (χ1v) is 9.24. The minimum Gasteiger partial charge on any atom is -0.497 e. The molecule has 1 saturated heterocycles. The first-order chi connectivity index (χ1) is 13.7. The number of ether oxygens (including phenoxy) is 4. The lowest BCUT2D eigenvalue weighted by molar-refractivity contribution is 0.0398. The van der Waals surface area contributed by atoms with E-state index in [1.54, 1.807) is 21.3 Å². The highest BCUT2D eigenvalue weighted by Crippen LogP contribution is 2.37. The lowest BCUT2D eigenvalue weighted by atomic mass is 10.1. The number of pyridine rings is 1. The molecule has 1 unspecified atom stereocenters. The van der Waals surface area contributed by atoms with Crippen molar-refractivity contribution in [2.75, 3.05) is 45.9 Å². The number of benzene rings is 2. The van der Waals surface area contributed by atoms with Crippen LogP contribution in [0.2, 0.25) is 0 Å². The summed E-state index contributed by atoms with van der Waals surface area (Å²) < 4.78 is 22.2. The van der Waals surface area contributed by atoms with Gasteiger partial charge in [-0.25, -0.2) is 0 Å². The largest absolute Gasteiger partial charge is 0.497 e. The van der Waals surface area contributed by atoms with Crippen molar-refractivity contribution >= 4 is 16.6 Å². The lowest BCUT2D eigenvalue weighted by Gasteiger charge is -2.35. The third-order valence-electron chi connectivity index (χ3n) is 5.12. The fourth-order valence-corrected chi connectivity index (χ4v) is 3.62. The van der Waals surface area contributed by atoms with E-state index in [1.165, 1.54) is 0 Å². The molecule has 1 fully saturated rings. The summed E-state index contributed by atoms with van der Waals surface area (Å²) in [5.41, 5.74) is 3.14. The molecular weight excluding hydrogens is 356 g/mol. The zero-order chi connectivity index (χ0) is 19.5. The van der Waals surface area contributed by atoms with E-state index >= 15 is 0 Å². The Morgan fingerprint density at radius 3 is 2.43 bits per heavy atom. The van der Waals surface area contributed by atoms with Crippen LogP contribution in [0.25, 0.3) is 10.9 Å². The average molecular weight is 380 g/mol. The molecule has 1 aliphatic rings. The Kier molecular flexibility index (Phi) is 5.21. The highest BCUT2D eigenvalue weighted by atomic mass is 16.5. The van der Waals surface area contributed by atoms with Gasteiger partial charge in [-0.15, -0.1) is 0 Å². The van der Waals surface area contributed by atoms with Crippen LogP contribution >= 0.6 is 0 Å². The van der Waals surface area contributed by atoms with E-state index in [1.807, 2.05) is 36.5 Å². The summed E-state index contributed by atoms with van der Waals surface area (Å²) in [4.78, 5) is 6.85. The molecule has 4 rings (SSSR count). The molecule has 0 saturated carbocycles. The molecule has 2 aromatic carbocycles. The van der Waals surface area contributed by atoms with E-state index in [0.29, 0.717) is 18.1 Å². The fourth-order valence-electron chi connectivity index (χ4n) is 3.62. The minimum absolute atomic E-state index is 0.00279. The van der Waals surface area contributed by atoms with Crippen molar-refractivity contribution < 1.29 is 18.9 Å². The molecule has 2 heterocycles. The third kappa shape index (κ3) is 3.43. The van der Waals surface area contributed by atoms with Gasteiger partial charge in [0.05, 0.1) is 33.5 Å². The molecule has 0 N–H and O–H groups in total. The van der Waals surface area contributed by atoms with Crippen LogP contribution in [0.5, 0.6) is 17.2 Å². The summed E-state index contributed by atoms with van der Waals surface area (Å²) in [7, 11) is 4.95. The maximum absolute atomic E-state index is 6.04. The maximum Gasteiger partial charge on any atom is 0.162 e. The number of hydrogen-bond donors (Lipinski definition) is 0. The maximum atomic E-state index is 6.04. The van der Waals surface area contributed by atoms with Gasteiger partial charge in [0.1, 0.15) is 11.9 Å². The Bertz CT molecular complexity index is 959. The van der Waals surface area contributed by atoms with Crippen LogP contribution in [0.1, 0.15) is 11.7 Å². The quantitative estimate of drug-likeness (QED) is 0.670. The van der Waals surface area contributed by atoms with Gasteiger partial charge in [0.2, 0.25) is 0 Å². The summed E-state index contributed by atoms with van der Waals surface area (Å²) in [6, 6.07) is 14.0. The zero-order valence-corrected chi connectivity index (χ0v) is 16.3. The van der Waals surface area contributed by atoms with E-state index in [4.69, 9.17) is 18.9 Å². The SMILES string of the molecule is COc1ccc(C2CN(c3ccnc4cc(OC)c(OC)cc34)CCO2)cc1. The highest BCUT2D eigenvalue weighted by Gasteiger charge is 2.24. The van der Waals surface area contributed by atoms with Gasteiger partial charge in [0.15, 0.2) is 11.5 Å². The Morgan fingerprint density at radius 1 is 0.964 bits per heavy atom. The average Bonchev–Trinajstić information content (AvgIpc) is 2.77. The second-order valence-corrected chi connectivity index (χ2v) is 6.63. The lowest BCUT2D eigenvalue weighted by Crippen LogP contribution is -2.38. The predicted octanol–water partition coefficient (Wildman–Crippen LogP) is 3.84. The van der Waals surface area contributed by atoms with Crippen LogP contribution in [-0.4, -0.2) is 46.0 Å². The standard InChI is InChI=1S/C22H24N2O4/c1-25-16-6-4-15(5-7-16)22-14-24(10-11-28-22)19-8-9-23-18-13-21(27-3)20(26-2)12-17(18)19/h4-9,12-13,22H,10-11,14H2,1-3H3. The Hall–Kier alpha value is -2.99. The highest BCUT2D eigenvalue weighted by molar-refractivity contribution is 5.94. The molecule has 0 radical (unpaired) electrons. The van der Waals surface area contributed by atoms with Gasteiger partial charge in [-0.1, -0.05) is 12.1 Å². The summed E-state index contributed by atoms with van der Waals surface area (Å²) in [6.07, 6.45) is 1.84. The molecule has 0 amide bonds. The van der Waals surface area contributed by atoms with Crippen LogP contribution in [-0.2, 0) is 4.74 Å². The van der Waals surface area contributed by atoms with Gasteiger partial charge >= 0.3 is 0 Å². The van der Waals surface area contributed by atoms with E-state index in [-0.39, 0.29) is 6.10 Å². The first kappa shape index (κ1) is 18.4. The Morgan fingerprint density at radius 2 is 1.71 bits per heavy atom. The van der Waals surface area contributed by atoms with E-state index in [9.17, 15) is 0 Å². The summed E-state index contributed by atoms with van der Waals surface area (Å²) >= 11 is 0. The van der Waals surface area contributed by atoms with Crippen molar-refractivity contribution in [1.82, 2.24) is 4.98 Å². The van der Waals surface area contributed by atoms with E-state index < -0.39 is 0 Å². The third-order valence-corrected chi connectivity index (χ3v) is 5.12. The molecule has 1 aliphatic heterocycles. The van der Waals surface area contributed by atoms with Gasteiger partial charge < -0.3 is 23.8 Å². The van der Waals surface area contributed by atoms with Crippen molar-refractivity contribution in [1.29, 1.82) is 0 Å². The molecule has 3 aromatic rings. The smallest absolute Gasteiger partial charge is 0.162 e. The summed E-state index contributed by atoms with van der Waals surface area (Å²) in [5.74, 6) is 2.22. The molecular formula is C22H24N2O4. The number of rotatable bonds is 5. The van der Waals surface area contributed by atoms with Gasteiger partial charge in [-0.2, -0.15) is 0 Å². The predicted molar refractivity (Wildman–Crippen MR) is 109 cm³/mol. The van der Waals surface area contributed by atoms with Crippen molar-refractivity contribution in [3.8, 4) is 17.2 Å². The number of methoxy groups -OCH3 is 3. The van der Waals surface area contributed by atoms with Crippen LogP contribution in [0.15, 0.2) is 48.7 Å². The fraction of sp³-hybridized carbons (Fsp3) is 0.318. The monoisotopic (exact) mass is 380 g/mol.